The Morgan fingerprint density at radius 2 is 1.94 bits per heavy atom. The van der Waals surface area contributed by atoms with Gasteiger partial charge in [0.05, 0.1) is 0 Å². The highest BCUT2D eigenvalue weighted by Gasteiger charge is 2.15. The van der Waals surface area contributed by atoms with Gasteiger partial charge in [0.2, 0.25) is 0 Å². The second-order valence-corrected chi connectivity index (χ2v) is 5.05. The van der Waals surface area contributed by atoms with Gasteiger partial charge in [0, 0.05) is 31.4 Å². The van der Waals surface area contributed by atoms with E-state index in [2.05, 4.69) is 55.3 Å². The summed E-state index contributed by atoms with van der Waals surface area (Å²) in [6.07, 6.45) is 0. The average molecular weight is 218 g/mol. The van der Waals surface area contributed by atoms with Crippen LogP contribution in [0.4, 0.5) is 5.69 Å². The molecule has 1 aliphatic heterocycles. The van der Waals surface area contributed by atoms with Crippen LogP contribution in [-0.2, 0) is 0 Å². The SMILES string of the molecule is CC1CN(c2ccc(C(C)C)cc2)CCN1. The van der Waals surface area contributed by atoms with Crippen LogP contribution in [0.25, 0.3) is 0 Å². The van der Waals surface area contributed by atoms with E-state index < -0.39 is 0 Å². The third kappa shape index (κ3) is 2.56. The molecule has 1 unspecified atom stereocenters. The topological polar surface area (TPSA) is 15.3 Å². The Morgan fingerprint density at radius 1 is 1.25 bits per heavy atom. The van der Waals surface area contributed by atoms with Crippen molar-refractivity contribution in [3.05, 3.63) is 29.8 Å². The maximum Gasteiger partial charge on any atom is 0.0367 e. The molecule has 2 rings (SSSR count). The van der Waals surface area contributed by atoms with E-state index in [1.165, 1.54) is 11.3 Å². The number of anilines is 1. The second-order valence-electron chi connectivity index (χ2n) is 5.05. The Kier molecular flexibility index (Phi) is 3.49. The van der Waals surface area contributed by atoms with Crippen LogP contribution in [0, 0.1) is 0 Å². The molecule has 2 heteroatoms. The zero-order valence-electron chi connectivity index (χ0n) is 10.5. The van der Waals surface area contributed by atoms with Crippen LogP contribution < -0.4 is 10.2 Å². The van der Waals surface area contributed by atoms with E-state index in [1.807, 2.05) is 0 Å². The maximum atomic E-state index is 3.47. The third-order valence-corrected chi connectivity index (χ3v) is 3.29. The first-order chi connectivity index (χ1) is 7.66. The summed E-state index contributed by atoms with van der Waals surface area (Å²) in [5, 5.41) is 3.47. The van der Waals surface area contributed by atoms with Gasteiger partial charge in [-0.25, -0.2) is 0 Å². The van der Waals surface area contributed by atoms with E-state index in [0.717, 1.165) is 19.6 Å². The van der Waals surface area contributed by atoms with Crippen molar-refractivity contribution in [3.63, 3.8) is 0 Å². The van der Waals surface area contributed by atoms with E-state index in [9.17, 15) is 0 Å². The lowest BCUT2D eigenvalue weighted by molar-refractivity contribution is 0.485. The van der Waals surface area contributed by atoms with Crippen molar-refractivity contribution < 1.29 is 0 Å². The molecule has 0 aromatic heterocycles. The standard InChI is InChI=1S/C14H22N2/c1-11(2)13-4-6-14(7-5-13)16-9-8-15-12(3)10-16/h4-7,11-12,15H,8-10H2,1-3H3. The summed E-state index contributed by atoms with van der Waals surface area (Å²) in [5.74, 6) is 0.621. The van der Waals surface area contributed by atoms with Crippen LogP contribution in [0.2, 0.25) is 0 Å². The Morgan fingerprint density at radius 3 is 2.50 bits per heavy atom. The predicted molar refractivity (Wildman–Crippen MR) is 70.2 cm³/mol. The van der Waals surface area contributed by atoms with E-state index in [-0.39, 0.29) is 0 Å². The van der Waals surface area contributed by atoms with Crippen molar-refractivity contribution in [2.75, 3.05) is 24.5 Å². The molecule has 0 amide bonds. The van der Waals surface area contributed by atoms with Crippen molar-refractivity contribution in [2.24, 2.45) is 0 Å². The molecule has 0 bridgehead atoms. The number of nitrogens with one attached hydrogen (secondary N) is 1. The van der Waals surface area contributed by atoms with Crippen LogP contribution >= 0.6 is 0 Å². The predicted octanol–water partition coefficient (Wildman–Crippen LogP) is 2.61. The van der Waals surface area contributed by atoms with Gasteiger partial charge in [0.25, 0.3) is 0 Å². The average Bonchev–Trinajstić information content (AvgIpc) is 2.29. The number of hydrogen-bond donors (Lipinski definition) is 1. The van der Waals surface area contributed by atoms with Crippen LogP contribution in [0.1, 0.15) is 32.3 Å². The molecule has 1 fully saturated rings. The molecule has 0 aliphatic carbocycles. The van der Waals surface area contributed by atoms with Crippen LogP contribution in [0.5, 0.6) is 0 Å². The van der Waals surface area contributed by atoms with Gasteiger partial charge in [0.1, 0.15) is 0 Å². The van der Waals surface area contributed by atoms with E-state index >= 15 is 0 Å². The summed E-state index contributed by atoms with van der Waals surface area (Å²) in [6.45, 7) is 10.0. The molecule has 0 spiro atoms. The summed E-state index contributed by atoms with van der Waals surface area (Å²) in [5.41, 5.74) is 2.78. The maximum absolute atomic E-state index is 3.47. The smallest absolute Gasteiger partial charge is 0.0367 e. The third-order valence-electron chi connectivity index (χ3n) is 3.29. The minimum absolute atomic E-state index is 0.596. The van der Waals surface area contributed by atoms with Gasteiger partial charge in [-0.05, 0) is 30.5 Å². The fourth-order valence-electron chi connectivity index (χ4n) is 2.24. The summed E-state index contributed by atoms with van der Waals surface area (Å²) in [7, 11) is 0. The summed E-state index contributed by atoms with van der Waals surface area (Å²) < 4.78 is 0. The lowest BCUT2D eigenvalue weighted by Crippen LogP contribution is -2.49. The van der Waals surface area contributed by atoms with Gasteiger partial charge in [-0.2, -0.15) is 0 Å². The largest absolute Gasteiger partial charge is 0.369 e. The minimum atomic E-state index is 0.596. The summed E-state index contributed by atoms with van der Waals surface area (Å²) in [4.78, 5) is 2.46. The number of rotatable bonds is 2. The van der Waals surface area contributed by atoms with Crippen LogP contribution in [0.15, 0.2) is 24.3 Å². The Labute approximate surface area is 98.7 Å². The molecule has 0 radical (unpaired) electrons. The van der Waals surface area contributed by atoms with Gasteiger partial charge in [0.15, 0.2) is 0 Å². The number of benzene rings is 1. The van der Waals surface area contributed by atoms with Crippen LogP contribution in [0.3, 0.4) is 0 Å². The first-order valence-electron chi connectivity index (χ1n) is 6.25. The molecular formula is C14H22N2. The highest BCUT2D eigenvalue weighted by atomic mass is 15.2. The molecule has 1 aliphatic rings. The molecule has 1 aromatic carbocycles. The van der Waals surface area contributed by atoms with Crippen LogP contribution in [-0.4, -0.2) is 25.7 Å². The monoisotopic (exact) mass is 218 g/mol. The molecule has 1 heterocycles. The highest BCUT2D eigenvalue weighted by Crippen LogP contribution is 2.20. The molecule has 1 aromatic rings. The molecule has 1 saturated heterocycles. The van der Waals surface area contributed by atoms with Gasteiger partial charge >= 0.3 is 0 Å². The zero-order valence-corrected chi connectivity index (χ0v) is 10.5. The number of nitrogens with zero attached hydrogens (tertiary/aromatic N) is 1. The first kappa shape index (κ1) is 11.5. The fourth-order valence-corrected chi connectivity index (χ4v) is 2.24. The lowest BCUT2D eigenvalue weighted by Gasteiger charge is -2.33. The molecule has 1 atom stereocenters. The zero-order chi connectivity index (χ0) is 11.5. The fraction of sp³-hybridized carbons (Fsp3) is 0.571. The first-order valence-corrected chi connectivity index (χ1v) is 6.25. The number of hydrogen-bond acceptors (Lipinski definition) is 2. The summed E-state index contributed by atoms with van der Waals surface area (Å²) >= 11 is 0. The van der Waals surface area contributed by atoms with Crippen molar-refractivity contribution >= 4 is 5.69 Å². The van der Waals surface area contributed by atoms with Gasteiger partial charge in [-0.1, -0.05) is 26.0 Å². The number of piperazine rings is 1. The molecule has 0 saturated carbocycles. The van der Waals surface area contributed by atoms with Gasteiger partial charge in [-0.15, -0.1) is 0 Å². The Hall–Kier alpha value is -1.02. The van der Waals surface area contributed by atoms with Crippen molar-refractivity contribution in [1.82, 2.24) is 5.32 Å². The Bertz CT molecular complexity index is 329. The molecule has 1 N–H and O–H groups in total. The second kappa shape index (κ2) is 4.88. The van der Waals surface area contributed by atoms with Gasteiger partial charge < -0.3 is 10.2 Å². The van der Waals surface area contributed by atoms with E-state index in [1.54, 1.807) is 0 Å². The Balaban J connectivity index is 2.09. The molecule has 88 valence electrons. The molecule has 2 nitrogen and oxygen atoms in total. The van der Waals surface area contributed by atoms with Crippen molar-refractivity contribution in [1.29, 1.82) is 0 Å². The molecular weight excluding hydrogens is 196 g/mol. The van der Waals surface area contributed by atoms with Crippen molar-refractivity contribution in [2.45, 2.75) is 32.7 Å². The molecule has 16 heavy (non-hydrogen) atoms. The van der Waals surface area contributed by atoms with Crippen molar-refractivity contribution in [3.8, 4) is 0 Å². The normalized spacial score (nSPS) is 21.5. The van der Waals surface area contributed by atoms with E-state index in [0.29, 0.717) is 12.0 Å². The minimum Gasteiger partial charge on any atom is -0.369 e. The lowest BCUT2D eigenvalue weighted by atomic mass is 10.0. The van der Waals surface area contributed by atoms with E-state index in [4.69, 9.17) is 0 Å². The summed E-state index contributed by atoms with van der Waals surface area (Å²) in [6, 6.07) is 9.62. The van der Waals surface area contributed by atoms with Gasteiger partial charge in [-0.3, -0.25) is 0 Å². The quantitative estimate of drug-likeness (QED) is 0.821. The highest BCUT2D eigenvalue weighted by molar-refractivity contribution is 5.48.